The maximum absolute atomic E-state index is 10.1. The molecule has 0 unspecified atom stereocenters. The molecule has 0 atom stereocenters. The van der Waals surface area contributed by atoms with E-state index in [-0.39, 0.29) is 5.60 Å². The second-order valence-corrected chi connectivity index (χ2v) is 6.67. The molecular weight excluding hydrogens is 220 g/mol. The van der Waals surface area contributed by atoms with E-state index in [4.69, 9.17) is 0 Å². The quantitative estimate of drug-likeness (QED) is 0.485. The van der Waals surface area contributed by atoms with Crippen LogP contribution in [0.15, 0.2) is 0 Å². The van der Waals surface area contributed by atoms with Crippen molar-refractivity contribution in [2.75, 3.05) is 0 Å². The molecule has 0 aromatic rings. The number of unbranched alkanes of at least 4 members (excludes halogenated alkanes) is 9. The molecule has 0 amide bonds. The van der Waals surface area contributed by atoms with Crippen molar-refractivity contribution in [3.05, 3.63) is 0 Å². The van der Waals surface area contributed by atoms with Gasteiger partial charge in [0.2, 0.25) is 0 Å². The summed E-state index contributed by atoms with van der Waals surface area (Å²) < 4.78 is 0. The van der Waals surface area contributed by atoms with Crippen molar-refractivity contribution in [3.8, 4) is 0 Å². The van der Waals surface area contributed by atoms with Gasteiger partial charge in [-0.05, 0) is 25.2 Å². The maximum atomic E-state index is 10.1. The minimum absolute atomic E-state index is 0.264. The Morgan fingerprint density at radius 2 is 1.28 bits per heavy atom. The van der Waals surface area contributed by atoms with Crippen LogP contribution in [0.4, 0.5) is 0 Å². The lowest BCUT2D eigenvalue weighted by molar-refractivity contribution is -0.0750. The van der Waals surface area contributed by atoms with Crippen molar-refractivity contribution < 1.29 is 5.11 Å². The summed E-state index contributed by atoms with van der Waals surface area (Å²) in [5.41, 5.74) is -0.264. The van der Waals surface area contributed by atoms with Gasteiger partial charge in [0, 0.05) is 0 Å². The zero-order valence-electron chi connectivity index (χ0n) is 12.7. The molecule has 0 aliphatic heterocycles. The Bertz CT molecular complexity index is 194. The van der Waals surface area contributed by atoms with E-state index in [1.807, 2.05) is 0 Å². The van der Waals surface area contributed by atoms with Crippen LogP contribution in [0.2, 0.25) is 0 Å². The summed E-state index contributed by atoms with van der Waals surface area (Å²) in [5.74, 6) is 0.762. The predicted octanol–water partition coefficient (Wildman–Crippen LogP) is 5.46. The summed E-state index contributed by atoms with van der Waals surface area (Å²) in [5, 5.41) is 10.1. The van der Waals surface area contributed by atoms with Gasteiger partial charge in [-0.25, -0.2) is 0 Å². The number of rotatable bonds is 11. The van der Waals surface area contributed by atoms with E-state index in [0.717, 1.165) is 25.2 Å². The molecule has 1 saturated carbocycles. The standard InChI is InChI=1S/C17H34O/c1-3-4-5-6-7-8-9-10-11-12-13-17(18)14-16(2)15-17/h16,18H,3-15H2,1-2H3. The minimum Gasteiger partial charge on any atom is -0.390 e. The molecule has 0 aromatic carbocycles. The van der Waals surface area contributed by atoms with Gasteiger partial charge in [0.25, 0.3) is 0 Å². The van der Waals surface area contributed by atoms with Crippen LogP contribution in [0.25, 0.3) is 0 Å². The molecule has 108 valence electrons. The Morgan fingerprint density at radius 3 is 1.72 bits per heavy atom. The lowest BCUT2D eigenvalue weighted by Gasteiger charge is -2.42. The van der Waals surface area contributed by atoms with Gasteiger partial charge >= 0.3 is 0 Å². The van der Waals surface area contributed by atoms with Gasteiger partial charge in [-0.3, -0.25) is 0 Å². The van der Waals surface area contributed by atoms with Crippen LogP contribution in [0, 0.1) is 5.92 Å². The summed E-state index contributed by atoms with van der Waals surface area (Å²) in [4.78, 5) is 0. The van der Waals surface area contributed by atoms with Crippen LogP contribution in [0.5, 0.6) is 0 Å². The minimum atomic E-state index is -0.264. The van der Waals surface area contributed by atoms with E-state index in [0.29, 0.717) is 0 Å². The molecule has 1 N–H and O–H groups in total. The zero-order chi connectivity index (χ0) is 13.3. The Balaban J connectivity index is 1.76. The first-order valence-corrected chi connectivity index (χ1v) is 8.39. The first-order valence-electron chi connectivity index (χ1n) is 8.39. The fraction of sp³-hybridized carbons (Fsp3) is 1.00. The normalized spacial score (nSPS) is 27.2. The highest BCUT2D eigenvalue weighted by Crippen LogP contribution is 2.40. The molecule has 0 aromatic heterocycles. The monoisotopic (exact) mass is 254 g/mol. The van der Waals surface area contributed by atoms with Gasteiger partial charge in [-0.15, -0.1) is 0 Å². The second kappa shape index (κ2) is 8.96. The van der Waals surface area contributed by atoms with E-state index in [1.165, 1.54) is 64.2 Å². The summed E-state index contributed by atoms with van der Waals surface area (Å²) >= 11 is 0. The van der Waals surface area contributed by atoms with Crippen molar-refractivity contribution in [2.45, 2.75) is 103 Å². The fourth-order valence-corrected chi connectivity index (χ4v) is 3.38. The molecule has 1 heteroatoms. The van der Waals surface area contributed by atoms with Crippen LogP contribution < -0.4 is 0 Å². The van der Waals surface area contributed by atoms with Gasteiger partial charge in [0.1, 0.15) is 0 Å². The van der Waals surface area contributed by atoms with E-state index < -0.39 is 0 Å². The Labute approximate surface area is 114 Å². The van der Waals surface area contributed by atoms with Gasteiger partial charge in [0.05, 0.1) is 5.60 Å². The summed E-state index contributed by atoms with van der Waals surface area (Å²) in [6.45, 7) is 4.52. The first-order chi connectivity index (χ1) is 8.66. The lowest BCUT2D eigenvalue weighted by Crippen LogP contribution is -2.42. The highest BCUT2D eigenvalue weighted by atomic mass is 16.3. The predicted molar refractivity (Wildman–Crippen MR) is 79.8 cm³/mol. The fourth-order valence-electron chi connectivity index (χ4n) is 3.38. The molecule has 1 aliphatic rings. The van der Waals surface area contributed by atoms with Crippen LogP contribution in [0.1, 0.15) is 97.3 Å². The Morgan fingerprint density at radius 1 is 0.833 bits per heavy atom. The SMILES string of the molecule is CCCCCCCCCCCCC1(O)CC(C)C1. The first kappa shape index (κ1) is 16.0. The Kier molecular flexibility index (Phi) is 7.97. The van der Waals surface area contributed by atoms with Gasteiger partial charge in [-0.1, -0.05) is 78.1 Å². The number of aliphatic hydroxyl groups is 1. The van der Waals surface area contributed by atoms with Crippen molar-refractivity contribution in [1.29, 1.82) is 0 Å². The van der Waals surface area contributed by atoms with Crippen LogP contribution in [0.3, 0.4) is 0 Å². The van der Waals surface area contributed by atoms with Gasteiger partial charge < -0.3 is 5.11 Å². The molecule has 18 heavy (non-hydrogen) atoms. The number of hydrogen-bond acceptors (Lipinski definition) is 1. The third-order valence-electron chi connectivity index (χ3n) is 4.45. The largest absolute Gasteiger partial charge is 0.390 e. The molecule has 0 spiro atoms. The molecule has 0 radical (unpaired) electrons. The maximum Gasteiger partial charge on any atom is 0.0653 e. The third kappa shape index (κ3) is 6.78. The highest BCUT2D eigenvalue weighted by Gasteiger charge is 2.38. The molecule has 1 rings (SSSR count). The molecule has 0 saturated heterocycles. The third-order valence-corrected chi connectivity index (χ3v) is 4.45. The molecular formula is C17H34O. The van der Waals surface area contributed by atoms with Crippen molar-refractivity contribution in [3.63, 3.8) is 0 Å². The van der Waals surface area contributed by atoms with Crippen LogP contribution in [-0.4, -0.2) is 10.7 Å². The molecule has 1 aliphatic carbocycles. The number of hydrogen-bond donors (Lipinski definition) is 1. The molecule has 0 bridgehead atoms. The average molecular weight is 254 g/mol. The van der Waals surface area contributed by atoms with E-state index in [9.17, 15) is 5.11 Å². The topological polar surface area (TPSA) is 20.2 Å². The summed E-state index contributed by atoms with van der Waals surface area (Å²) in [6.07, 6.45) is 17.0. The second-order valence-electron chi connectivity index (χ2n) is 6.67. The van der Waals surface area contributed by atoms with Crippen LogP contribution >= 0.6 is 0 Å². The Hall–Kier alpha value is -0.0400. The lowest BCUT2D eigenvalue weighted by atomic mass is 9.69. The van der Waals surface area contributed by atoms with E-state index in [2.05, 4.69) is 13.8 Å². The van der Waals surface area contributed by atoms with Crippen molar-refractivity contribution >= 4 is 0 Å². The van der Waals surface area contributed by atoms with Gasteiger partial charge in [0.15, 0.2) is 0 Å². The highest BCUT2D eigenvalue weighted by molar-refractivity contribution is 4.91. The van der Waals surface area contributed by atoms with Crippen molar-refractivity contribution in [1.82, 2.24) is 0 Å². The molecule has 1 nitrogen and oxygen atoms in total. The van der Waals surface area contributed by atoms with Crippen LogP contribution in [-0.2, 0) is 0 Å². The molecule has 1 fully saturated rings. The smallest absolute Gasteiger partial charge is 0.0653 e. The summed E-state index contributed by atoms with van der Waals surface area (Å²) in [6, 6.07) is 0. The van der Waals surface area contributed by atoms with Gasteiger partial charge in [-0.2, -0.15) is 0 Å². The average Bonchev–Trinajstić information content (AvgIpc) is 2.30. The van der Waals surface area contributed by atoms with E-state index in [1.54, 1.807) is 0 Å². The molecule has 0 heterocycles. The zero-order valence-corrected chi connectivity index (χ0v) is 12.7. The van der Waals surface area contributed by atoms with E-state index >= 15 is 0 Å². The van der Waals surface area contributed by atoms with Crippen molar-refractivity contribution in [2.24, 2.45) is 5.92 Å². The summed E-state index contributed by atoms with van der Waals surface area (Å²) in [7, 11) is 0.